The van der Waals surface area contributed by atoms with E-state index < -0.39 is 0 Å². The summed E-state index contributed by atoms with van der Waals surface area (Å²) in [6, 6.07) is 0. The van der Waals surface area contributed by atoms with Crippen LogP contribution in [0.5, 0.6) is 0 Å². The lowest BCUT2D eigenvalue weighted by Gasteiger charge is -1.89. The van der Waals surface area contributed by atoms with Gasteiger partial charge in [0.15, 0.2) is 0 Å². The molecule has 0 aromatic heterocycles. The molecule has 0 amide bonds. The van der Waals surface area contributed by atoms with Gasteiger partial charge in [-0.15, -0.1) is 0 Å². The van der Waals surface area contributed by atoms with Gasteiger partial charge in [-0.1, -0.05) is 6.92 Å². The lowest BCUT2D eigenvalue weighted by atomic mass is 10.2. The monoisotopic (exact) mass is 112 g/mol. The Morgan fingerprint density at radius 3 is 2.38 bits per heavy atom. The number of nitrogens with two attached hydrogens (primary N) is 1. The molecule has 0 unspecified atom stereocenters. The lowest BCUT2D eigenvalue weighted by molar-refractivity contribution is 1.23. The summed E-state index contributed by atoms with van der Waals surface area (Å²) in [6.07, 6.45) is 2.43. The van der Waals surface area contributed by atoms with Crippen molar-refractivity contribution >= 4 is 5.71 Å². The van der Waals surface area contributed by atoms with Crippen molar-refractivity contribution in [2.45, 2.75) is 20.3 Å². The summed E-state index contributed by atoms with van der Waals surface area (Å²) >= 11 is 0. The van der Waals surface area contributed by atoms with E-state index in [1.807, 2.05) is 6.92 Å². The molecule has 0 radical (unpaired) electrons. The van der Waals surface area contributed by atoms with Gasteiger partial charge in [-0.25, -0.2) is 0 Å². The zero-order valence-corrected chi connectivity index (χ0v) is 5.36. The molecule has 0 atom stereocenters. The van der Waals surface area contributed by atoms with Gasteiger partial charge in [-0.2, -0.15) is 0 Å². The zero-order valence-electron chi connectivity index (χ0n) is 5.36. The van der Waals surface area contributed by atoms with Crippen molar-refractivity contribution in [3.63, 3.8) is 0 Å². The number of hydrogen-bond acceptors (Lipinski definition) is 2. The maximum Gasteiger partial charge on any atom is 0.0328 e. The van der Waals surface area contributed by atoms with Crippen LogP contribution >= 0.6 is 0 Å². The summed E-state index contributed by atoms with van der Waals surface area (Å²) in [7, 11) is 0. The van der Waals surface area contributed by atoms with Crippen molar-refractivity contribution in [2.75, 3.05) is 0 Å². The second kappa shape index (κ2) is 3.24. The van der Waals surface area contributed by atoms with Gasteiger partial charge in [0.2, 0.25) is 0 Å². The third-order valence-electron chi connectivity index (χ3n) is 0.783. The van der Waals surface area contributed by atoms with Gasteiger partial charge >= 0.3 is 0 Å². The molecule has 3 N–H and O–H groups in total. The van der Waals surface area contributed by atoms with Crippen LogP contribution < -0.4 is 5.73 Å². The summed E-state index contributed by atoms with van der Waals surface area (Å²) in [4.78, 5) is 0. The van der Waals surface area contributed by atoms with Crippen LogP contribution in [0.3, 0.4) is 0 Å². The third kappa shape index (κ3) is 3.40. The van der Waals surface area contributed by atoms with Gasteiger partial charge in [0.25, 0.3) is 0 Å². The van der Waals surface area contributed by atoms with Crippen molar-refractivity contribution in [1.29, 1.82) is 5.41 Å². The van der Waals surface area contributed by atoms with Crippen molar-refractivity contribution in [3.05, 3.63) is 11.8 Å². The predicted molar refractivity (Wildman–Crippen MR) is 36.0 cm³/mol. The minimum Gasteiger partial charge on any atom is -0.402 e. The van der Waals surface area contributed by atoms with Gasteiger partial charge in [-0.05, 0) is 19.4 Å². The molecule has 0 heterocycles. The molecule has 0 aromatic rings. The molecule has 2 nitrogen and oxygen atoms in total. The minimum absolute atomic E-state index is 0.588. The summed E-state index contributed by atoms with van der Waals surface area (Å²) in [6.45, 7) is 3.71. The molecule has 0 aromatic carbocycles. The number of nitrogens with one attached hydrogen (secondary N) is 1. The first-order valence-corrected chi connectivity index (χ1v) is 2.68. The molecule has 0 saturated carbocycles. The molecule has 8 heavy (non-hydrogen) atoms. The molecule has 46 valence electrons. The minimum atomic E-state index is 0.588. The highest BCUT2D eigenvalue weighted by Crippen LogP contribution is 1.86. The number of hydrogen-bond donors (Lipinski definition) is 2. The summed E-state index contributed by atoms with van der Waals surface area (Å²) < 4.78 is 0. The smallest absolute Gasteiger partial charge is 0.0328 e. The molecular weight excluding hydrogens is 100 g/mol. The van der Waals surface area contributed by atoms with Gasteiger partial charge < -0.3 is 11.1 Å². The summed E-state index contributed by atoms with van der Waals surface area (Å²) in [5.74, 6) is 0. The Labute approximate surface area is 49.9 Å². The molecule has 0 saturated heterocycles. The largest absolute Gasteiger partial charge is 0.402 e. The molecular formula is C6H12N2. The zero-order chi connectivity index (χ0) is 6.57. The van der Waals surface area contributed by atoms with Crippen molar-refractivity contribution in [3.8, 4) is 0 Å². The molecule has 0 spiro atoms. The third-order valence-corrected chi connectivity index (χ3v) is 0.783. The Balaban J connectivity index is 3.70. The molecule has 0 aliphatic carbocycles. The second-order valence-corrected chi connectivity index (χ2v) is 1.77. The Morgan fingerprint density at radius 1 is 1.75 bits per heavy atom. The topological polar surface area (TPSA) is 49.9 Å². The number of allylic oxidation sites excluding steroid dienone is 2. The van der Waals surface area contributed by atoms with E-state index in [9.17, 15) is 0 Å². The summed E-state index contributed by atoms with van der Waals surface area (Å²) in [5.41, 5.74) is 6.58. The highest BCUT2D eigenvalue weighted by Gasteiger charge is 1.83. The second-order valence-electron chi connectivity index (χ2n) is 1.77. The van der Waals surface area contributed by atoms with E-state index in [0.29, 0.717) is 11.4 Å². The van der Waals surface area contributed by atoms with Crippen molar-refractivity contribution in [1.82, 2.24) is 0 Å². The SMILES string of the molecule is CCC(=N)/C=C(/C)N. The van der Waals surface area contributed by atoms with Gasteiger partial charge in [0.1, 0.15) is 0 Å². The fraction of sp³-hybridized carbons (Fsp3) is 0.500. The first-order chi connectivity index (χ1) is 3.66. The molecule has 0 bridgehead atoms. The molecule has 0 aliphatic heterocycles. The van der Waals surface area contributed by atoms with Crippen molar-refractivity contribution < 1.29 is 0 Å². The van der Waals surface area contributed by atoms with Gasteiger partial charge in [0.05, 0.1) is 0 Å². The average Bonchev–Trinajstić information content (AvgIpc) is 1.65. The van der Waals surface area contributed by atoms with Gasteiger partial charge in [-0.3, -0.25) is 0 Å². The fourth-order valence-corrected chi connectivity index (χ4v) is 0.377. The highest BCUT2D eigenvalue weighted by molar-refractivity contribution is 5.92. The van der Waals surface area contributed by atoms with E-state index in [-0.39, 0.29) is 0 Å². The van der Waals surface area contributed by atoms with E-state index in [2.05, 4.69) is 0 Å². The van der Waals surface area contributed by atoms with Crippen molar-refractivity contribution in [2.24, 2.45) is 5.73 Å². The van der Waals surface area contributed by atoms with Crippen LogP contribution in [0.1, 0.15) is 20.3 Å². The van der Waals surface area contributed by atoms with Crippen LogP contribution in [-0.2, 0) is 0 Å². The molecule has 0 fully saturated rings. The first kappa shape index (κ1) is 7.21. The van der Waals surface area contributed by atoms with Crippen LogP contribution in [0.15, 0.2) is 11.8 Å². The first-order valence-electron chi connectivity index (χ1n) is 2.68. The number of rotatable bonds is 2. The van der Waals surface area contributed by atoms with Gasteiger partial charge in [0, 0.05) is 11.4 Å². The maximum atomic E-state index is 7.11. The van der Waals surface area contributed by atoms with Crippen LogP contribution in [-0.4, -0.2) is 5.71 Å². The highest BCUT2D eigenvalue weighted by atomic mass is 14.6. The van der Waals surface area contributed by atoms with Crippen LogP contribution in [0, 0.1) is 5.41 Å². The lowest BCUT2D eigenvalue weighted by Crippen LogP contribution is -1.95. The van der Waals surface area contributed by atoms with E-state index in [1.165, 1.54) is 0 Å². The van der Waals surface area contributed by atoms with Crippen LogP contribution in [0.4, 0.5) is 0 Å². The Bertz CT molecular complexity index is 110. The Kier molecular flexibility index (Phi) is 2.92. The Hall–Kier alpha value is -0.790. The molecule has 0 rings (SSSR count). The van der Waals surface area contributed by atoms with Crippen LogP contribution in [0.2, 0.25) is 0 Å². The Morgan fingerprint density at radius 2 is 2.25 bits per heavy atom. The quantitative estimate of drug-likeness (QED) is 0.519. The molecule has 2 heteroatoms. The maximum absolute atomic E-state index is 7.11. The van der Waals surface area contributed by atoms with E-state index in [4.69, 9.17) is 11.1 Å². The van der Waals surface area contributed by atoms with Crippen LogP contribution in [0.25, 0.3) is 0 Å². The molecule has 0 aliphatic rings. The normalized spacial score (nSPS) is 11.5. The van der Waals surface area contributed by atoms with E-state index in [0.717, 1.165) is 6.42 Å². The predicted octanol–water partition coefficient (Wildman–Crippen LogP) is 1.28. The standard InChI is InChI=1S/C6H12N2/c1-3-6(8)4-5(2)7/h4,8H,3,7H2,1-2H3/b5-4-,8-6?. The van der Waals surface area contributed by atoms with E-state index in [1.54, 1.807) is 13.0 Å². The summed E-state index contributed by atoms with van der Waals surface area (Å²) in [5, 5.41) is 7.11. The fourth-order valence-electron chi connectivity index (χ4n) is 0.377. The average molecular weight is 112 g/mol. The van der Waals surface area contributed by atoms with E-state index >= 15 is 0 Å².